The Kier molecular flexibility index (Phi) is 3.53. The maximum absolute atomic E-state index is 12.4. The Morgan fingerprint density at radius 3 is 2.61 bits per heavy atom. The summed E-state index contributed by atoms with van der Waals surface area (Å²) in [5, 5.41) is 10.9. The largest absolute Gasteiger partial charge is 0.465 e. The van der Waals surface area contributed by atoms with Gasteiger partial charge in [0.25, 0.3) is 0 Å². The number of hydrogen-bond acceptors (Lipinski definition) is 4. The van der Waals surface area contributed by atoms with Crippen molar-refractivity contribution in [2.45, 2.75) is 10.3 Å². The number of nitrogens with one attached hydrogen (secondary N) is 1. The topological polar surface area (TPSA) is 86.7 Å². The van der Waals surface area contributed by atoms with Crippen LogP contribution in [0.3, 0.4) is 0 Å². The molecule has 0 aromatic heterocycles. The highest BCUT2D eigenvalue weighted by Crippen LogP contribution is 2.19. The standard InChI is InChI=1S/C11H14N2O4S/c14-11(15)13-7-6-12-8-10(13)18(16,17)9-4-2-1-3-5-9/h1-5,10,12H,6-8H2,(H,14,15). The van der Waals surface area contributed by atoms with Crippen molar-refractivity contribution >= 4 is 15.9 Å². The molecule has 1 atom stereocenters. The summed E-state index contributed by atoms with van der Waals surface area (Å²) >= 11 is 0. The van der Waals surface area contributed by atoms with Crippen LogP contribution in [0, 0.1) is 0 Å². The molecule has 2 rings (SSSR count). The molecule has 0 bridgehead atoms. The van der Waals surface area contributed by atoms with Crippen molar-refractivity contribution in [3.63, 3.8) is 0 Å². The zero-order valence-electron chi connectivity index (χ0n) is 9.61. The van der Waals surface area contributed by atoms with Crippen LogP contribution in [0.5, 0.6) is 0 Å². The molecule has 2 N–H and O–H groups in total. The second-order valence-corrected chi connectivity index (χ2v) is 6.10. The van der Waals surface area contributed by atoms with Crippen LogP contribution in [-0.2, 0) is 9.84 Å². The molecule has 1 fully saturated rings. The van der Waals surface area contributed by atoms with Gasteiger partial charge in [-0.25, -0.2) is 13.2 Å². The first-order valence-corrected chi connectivity index (χ1v) is 7.07. The second kappa shape index (κ2) is 4.95. The predicted octanol–water partition coefficient (Wildman–Crippen LogP) is 0.370. The highest BCUT2D eigenvalue weighted by atomic mass is 32.2. The zero-order chi connectivity index (χ0) is 13.2. The van der Waals surface area contributed by atoms with Crippen LogP contribution in [0.2, 0.25) is 0 Å². The molecule has 1 amide bonds. The van der Waals surface area contributed by atoms with Gasteiger partial charge in [-0.3, -0.25) is 4.90 Å². The fourth-order valence-electron chi connectivity index (χ4n) is 1.94. The average Bonchev–Trinajstić information content (AvgIpc) is 2.39. The van der Waals surface area contributed by atoms with Crippen molar-refractivity contribution in [2.75, 3.05) is 19.6 Å². The van der Waals surface area contributed by atoms with Gasteiger partial charge in [-0.2, -0.15) is 0 Å². The molecule has 7 heteroatoms. The Balaban J connectivity index is 2.36. The number of amides is 1. The maximum atomic E-state index is 12.4. The number of piperazine rings is 1. The zero-order valence-corrected chi connectivity index (χ0v) is 10.4. The number of carboxylic acid groups (broad SMARTS) is 1. The van der Waals surface area contributed by atoms with Crippen LogP contribution in [0.4, 0.5) is 4.79 Å². The number of rotatable bonds is 2. The number of carbonyl (C=O) groups is 1. The molecular formula is C11H14N2O4S. The fourth-order valence-corrected chi connectivity index (χ4v) is 3.66. The minimum absolute atomic E-state index is 0.115. The highest BCUT2D eigenvalue weighted by Gasteiger charge is 2.37. The van der Waals surface area contributed by atoms with Gasteiger partial charge >= 0.3 is 6.09 Å². The third-order valence-electron chi connectivity index (χ3n) is 2.87. The first-order valence-electron chi connectivity index (χ1n) is 5.52. The van der Waals surface area contributed by atoms with E-state index in [0.29, 0.717) is 6.54 Å². The summed E-state index contributed by atoms with van der Waals surface area (Å²) in [6.45, 7) is 0.753. The van der Waals surface area contributed by atoms with Crippen molar-refractivity contribution < 1.29 is 18.3 Å². The molecule has 0 spiro atoms. The summed E-state index contributed by atoms with van der Waals surface area (Å²) in [4.78, 5) is 12.2. The maximum Gasteiger partial charge on any atom is 0.408 e. The molecule has 1 saturated heterocycles. The van der Waals surface area contributed by atoms with Crippen molar-refractivity contribution in [1.29, 1.82) is 0 Å². The SMILES string of the molecule is O=C(O)N1CCNCC1S(=O)(=O)c1ccccc1. The van der Waals surface area contributed by atoms with E-state index in [1.807, 2.05) is 0 Å². The molecule has 1 unspecified atom stereocenters. The summed E-state index contributed by atoms with van der Waals surface area (Å²) in [7, 11) is -3.67. The Morgan fingerprint density at radius 2 is 2.00 bits per heavy atom. The second-order valence-electron chi connectivity index (χ2n) is 3.99. The summed E-state index contributed by atoms with van der Waals surface area (Å²) in [6, 6.07) is 7.91. The Bertz CT molecular complexity index is 529. The van der Waals surface area contributed by atoms with Crippen LogP contribution < -0.4 is 5.32 Å². The van der Waals surface area contributed by atoms with E-state index in [2.05, 4.69) is 5.32 Å². The van der Waals surface area contributed by atoms with Crippen LogP contribution in [-0.4, -0.2) is 49.5 Å². The van der Waals surface area contributed by atoms with E-state index in [4.69, 9.17) is 5.11 Å². The van der Waals surface area contributed by atoms with Gasteiger partial charge in [0, 0.05) is 19.6 Å². The molecule has 1 aromatic rings. The van der Waals surface area contributed by atoms with Crippen LogP contribution in [0.1, 0.15) is 0 Å². The number of benzene rings is 1. The summed E-state index contributed by atoms with van der Waals surface area (Å²) in [6.07, 6.45) is -1.21. The normalized spacial score (nSPS) is 20.7. The van der Waals surface area contributed by atoms with Crippen molar-refractivity contribution in [2.24, 2.45) is 0 Å². The lowest BCUT2D eigenvalue weighted by atomic mass is 10.4. The van der Waals surface area contributed by atoms with Crippen LogP contribution in [0.15, 0.2) is 35.2 Å². The van der Waals surface area contributed by atoms with Crippen LogP contribution >= 0.6 is 0 Å². The van der Waals surface area contributed by atoms with Crippen molar-refractivity contribution in [3.8, 4) is 0 Å². The van der Waals surface area contributed by atoms with E-state index in [1.54, 1.807) is 18.2 Å². The Morgan fingerprint density at radius 1 is 1.33 bits per heavy atom. The minimum Gasteiger partial charge on any atom is -0.465 e. The molecule has 1 heterocycles. The van der Waals surface area contributed by atoms with Gasteiger partial charge in [0.15, 0.2) is 5.37 Å². The Hall–Kier alpha value is -1.60. The van der Waals surface area contributed by atoms with Gasteiger partial charge in [0.1, 0.15) is 0 Å². The quantitative estimate of drug-likeness (QED) is 0.810. The van der Waals surface area contributed by atoms with E-state index in [0.717, 1.165) is 4.90 Å². The van der Waals surface area contributed by atoms with Gasteiger partial charge < -0.3 is 10.4 Å². The predicted molar refractivity (Wildman–Crippen MR) is 65.0 cm³/mol. The lowest BCUT2D eigenvalue weighted by Gasteiger charge is -2.33. The molecule has 6 nitrogen and oxygen atoms in total. The summed E-state index contributed by atoms with van der Waals surface area (Å²) in [5.41, 5.74) is 0. The molecule has 18 heavy (non-hydrogen) atoms. The van der Waals surface area contributed by atoms with Crippen molar-refractivity contribution in [3.05, 3.63) is 30.3 Å². The van der Waals surface area contributed by atoms with Crippen molar-refractivity contribution in [1.82, 2.24) is 10.2 Å². The first kappa shape index (κ1) is 12.8. The average molecular weight is 270 g/mol. The molecule has 0 saturated carbocycles. The lowest BCUT2D eigenvalue weighted by Crippen LogP contribution is -2.56. The van der Waals surface area contributed by atoms with E-state index in [1.165, 1.54) is 12.1 Å². The molecule has 1 aliphatic rings. The molecule has 0 aliphatic carbocycles. The molecule has 98 valence electrons. The Labute approximate surface area is 105 Å². The third kappa shape index (κ3) is 2.32. The number of hydrogen-bond donors (Lipinski definition) is 2. The minimum atomic E-state index is -3.67. The van der Waals surface area contributed by atoms with Crippen LogP contribution in [0.25, 0.3) is 0 Å². The lowest BCUT2D eigenvalue weighted by molar-refractivity contribution is 0.130. The number of nitrogens with zero attached hydrogens (tertiary/aromatic N) is 1. The third-order valence-corrected chi connectivity index (χ3v) is 4.94. The van der Waals surface area contributed by atoms with E-state index in [-0.39, 0.29) is 18.0 Å². The first-order chi connectivity index (χ1) is 8.53. The summed E-state index contributed by atoms with van der Waals surface area (Å²) < 4.78 is 24.7. The molecule has 0 radical (unpaired) electrons. The monoisotopic (exact) mass is 270 g/mol. The van der Waals surface area contributed by atoms with Gasteiger partial charge in [-0.05, 0) is 12.1 Å². The van der Waals surface area contributed by atoms with E-state index < -0.39 is 21.3 Å². The molecule has 1 aromatic carbocycles. The van der Waals surface area contributed by atoms with Gasteiger partial charge in [0.05, 0.1) is 4.90 Å². The van der Waals surface area contributed by atoms with Gasteiger partial charge in [-0.15, -0.1) is 0 Å². The van der Waals surface area contributed by atoms with E-state index in [9.17, 15) is 13.2 Å². The molecule has 1 aliphatic heterocycles. The molecular weight excluding hydrogens is 256 g/mol. The van der Waals surface area contributed by atoms with Gasteiger partial charge in [0.2, 0.25) is 9.84 Å². The van der Waals surface area contributed by atoms with E-state index >= 15 is 0 Å². The highest BCUT2D eigenvalue weighted by molar-refractivity contribution is 7.92. The number of sulfone groups is 1. The summed E-state index contributed by atoms with van der Waals surface area (Å²) in [5.74, 6) is 0. The smallest absolute Gasteiger partial charge is 0.408 e. The fraction of sp³-hybridized carbons (Fsp3) is 0.364. The van der Waals surface area contributed by atoms with Gasteiger partial charge in [-0.1, -0.05) is 18.2 Å².